The lowest BCUT2D eigenvalue weighted by molar-refractivity contribution is -0.118. The van der Waals surface area contributed by atoms with Crippen molar-refractivity contribution < 1.29 is 14.3 Å². The zero-order valence-corrected chi connectivity index (χ0v) is 15.3. The van der Waals surface area contributed by atoms with Gasteiger partial charge in [-0.3, -0.25) is 14.3 Å². The Kier molecular flexibility index (Phi) is 5.37. The summed E-state index contributed by atoms with van der Waals surface area (Å²) >= 11 is 5.89. The second-order valence-electron chi connectivity index (χ2n) is 6.63. The number of nitrogens with one attached hydrogen (secondary N) is 1. The standard InChI is InChI=1S/C17H21ClN4O3/c1-17(2,3)13-8-14(22(4)21-13)20-15(23)9-25-12-7-10(18)5-6-11(12)16(19)24/h5-8H,9H2,1-4H3,(H2,19,24)(H,20,23). The van der Waals surface area contributed by atoms with Gasteiger partial charge >= 0.3 is 0 Å². The average molecular weight is 365 g/mol. The number of aryl methyl sites for hydroxylation is 1. The van der Waals surface area contributed by atoms with Gasteiger partial charge in [-0.15, -0.1) is 0 Å². The van der Waals surface area contributed by atoms with E-state index in [1.54, 1.807) is 11.7 Å². The number of nitrogens with two attached hydrogens (primary N) is 1. The Morgan fingerprint density at radius 2 is 2.00 bits per heavy atom. The molecule has 0 aliphatic carbocycles. The van der Waals surface area contributed by atoms with Crippen LogP contribution in [0.2, 0.25) is 5.02 Å². The summed E-state index contributed by atoms with van der Waals surface area (Å²) in [6.07, 6.45) is 0. The van der Waals surface area contributed by atoms with E-state index in [1.807, 2.05) is 26.8 Å². The summed E-state index contributed by atoms with van der Waals surface area (Å²) in [6, 6.07) is 6.23. The van der Waals surface area contributed by atoms with Crippen LogP contribution in [0.3, 0.4) is 0 Å². The first-order valence-electron chi connectivity index (χ1n) is 7.64. The molecule has 0 saturated heterocycles. The SMILES string of the molecule is Cn1nc(C(C)(C)C)cc1NC(=O)COc1cc(Cl)ccc1C(N)=O. The van der Waals surface area contributed by atoms with Crippen LogP contribution >= 0.6 is 11.6 Å². The lowest BCUT2D eigenvalue weighted by Crippen LogP contribution is -2.22. The number of anilines is 1. The van der Waals surface area contributed by atoms with Gasteiger partial charge in [-0.05, 0) is 18.2 Å². The second kappa shape index (κ2) is 7.14. The zero-order chi connectivity index (χ0) is 18.8. The summed E-state index contributed by atoms with van der Waals surface area (Å²) in [5, 5.41) is 7.48. The normalized spacial score (nSPS) is 11.2. The van der Waals surface area contributed by atoms with Crippen LogP contribution in [-0.2, 0) is 17.3 Å². The Bertz CT molecular complexity index is 809. The maximum atomic E-state index is 12.1. The molecular formula is C17H21ClN4O3. The van der Waals surface area contributed by atoms with Crippen LogP contribution in [0.1, 0.15) is 36.8 Å². The van der Waals surface area contributed by atoms with Crippen LogP contribution in [0.5, 0.6) is 5.75 Å². The van der Waals surface area contributed by atoms with Gasteiger partial charge in [-0.25, -0.2) is 0 Å². The molecule has 2 aromatic rings. The molecule has 0 aliphatic heterocycles. The van der Waals surface area contributed by atoms with Crippen molar-refractivity contribution in [2.75, 3.05) is 11.9 Å². The van der Waals surface area contributed by atoms with Gasteiger partial charge in [-0.1, -0.05) is 32.4 Å². The van der Waals surface area contributed by atoms with Gasteiger partial charge in [0.1, 0.15) is 11.6 Å². The summed E-state index contributed by atoms with van der Waals surface area (Å²) in [5.41, 5.74) is 6.17. The highest BCUT2D eigenvalue weighted by atomic mass is 35.5. The van der Waals surface area contributed by atoms with Gasteiger partial charge < -0.3 is 15.8 Å². The number of nitrogens with zero attached hydrogens (tertiary/aromatic N) is 2. The Balaban J connectivity index is 2.06. The fourth-order valence-electron chi connectivity index (χ4n) is 2.09. The number of ether oxygens (including phenoxy) is 1. The van der Waals surface area contributed by atoms with Crippen molar-refractivity contribution in [3.63, 3.8) is 0 Å². The fourth-order valence-corrected chi connectivity index (χ4v) is 2.25. The number of halogens is 1. The van der Waals surface area contributed by atoms with Gasteiger partial charge in [0.15, 0.2) is 6.61 Å². The van der Waals surface area contributed by atoms with E-state index in [0.29, 0.717) is 10.8 Å². The molecule has 3 N–H and O–H groups in total. The van der Waals surface area contributed by atoms with Crippen molar-refractivity contribution in [3.05, 3.63) is 40.5 Å². The number of benzene rings is 1. The highest BCUT2D eigenvalue weighted by Gasteiger charge is 2.20. The monoisotopic (exact) mass is 364 g/mol. The van der Waals surface area contributed by atoms with Crippen molar-refractivity contribution in [1.29, 1.82) is 0 Å². The van der Waals surface area contributed by atoms with Crippen LogP contribution in [0, 0.1) is 0 Å². The quantitative estimate of drug-likeness (QED) is 0.851. The third-order valence-corrected chi connectivity index (χ3v) is 3.72. The molecule has 0 unspecified atom stereocenters. The summed E-state index contributed by atoms with van der Waals surface area (Å²) in [5.74, 6) is -0.331. The lowest BCUT2D eigenvalue weighted by atomic mass is 9.92. The van der Waals surface area contributed by atoms with E-state index in [2.05, 4.69) is 10.4 Å². The first-order valence-corrected chi connectivity index (χ1v) is 8.02. The Morgan fingerprint density at radius 1 is 1.32 bits per heavy atom. The van der Waals surface area contributed by atoms with Crippen LogP contribution < -0.4 is 15.8 Å². The van der Waals surface area contributed by atoms with Crippen LogP contribution in [0.25, 0.3) is 0 Å². The largest absolute Gasteiger partial charge is 0.483 e. The molecule has 0 spiro atoms. The van der Waals surface area contributed by atoms with Crippen molar-refractivity contribution in [2.24, 2.45) is 12.8 Å². The van der Waals surface area contributed by atoms with Crippen molar-refractivity contribution >= 4 is 29.2 Å². The third-order valence-electron chi connectivity index (χ3n) is 3.48. The molecule has 2 amide bonds. The maximum Gasteiger partial charge on any atom is 0.263 e. The summed E-state index contributed by atoms with van der Waals surface area (Å²) in [4.78, 5) is 23.5. The molecule has 0 atom stereocenters. The van der Waals surface area contributed by atoms with E-state index in [1.165, 1.54) is 18.2 Å². The maximum absolute atomic E-state index is 12.1. The van der Waals surface area contributed by atoms with E-state index >= 15 is 0 Å². The molecule has 8 heteroatoms. The fraction of sp³-hybridized carbons (Fsp3) is 0.353. The number of primary amides is 1. The first-order chi connectivity index (χ1) is 11.6. The molecule has 1 aromatic heterocycles. The highest BCUT2D eigenvalue weighted by molar-refractivity contribution is 6.30. The summed E-state index contributed by atoms with van der Waals surface area (Å²) < 4.78 is 6.99. The van der Waals surface area contributed by atoms with Gasteiger partial charge in [0.25, 0.3) is 11.8 Å². The van der Waals surface area contributed by atoms with Crippen molar-refractivity contribution in [3.8, 4) is 5.75 Å². The predicted molar refractivity (Wildman–Crippen MR) is 96.0 cm³/mol. The average Bonchev–Trinajstić information content (AvgIpc) is 2.86. The van der Waals surface area contributed by atoms with Gasteiger partial charge in [-0.2, -0.15) is 5.10 Å². The molecule has 1 aromatic carbocycles. The molecule has 2 rings (SSSR count). The van der Waals surface area contributed by atoms with Gasteiger partial charge in [0.2, 0.25) is 0 Å². The van der Waals surface area contributed by atoms with E-state index in [0.717, 1.165) is 5.69 Å². The number of carbonyl (C=O) groups is 2. The molecular weight excluding hydrogens is 344 g/mol. The van der Waals surface area contributed by atoms with E-state index < -0.39 is 5.91 Å². The number of rotatable bonds is 5. The number of hydrogen-bond acceptors (Lipinski definition) is 4. The minimum Gasteiger partial charge on any atom is -0.483 e. The van der Waals surface area contributed by atoms with Crippen molar-refractivity contribution in [1.82, 2.24) is 9.78 Å². The topological polar surface area (TPSA) is 99.2 Å². The second-order valence-corrected chi connectivity index (χ2v) is 7.07. The number of carbonyl (C=O) groups excluding carboxylic acids is 2. The Hall–Kier alpha value is -2.54. The highest BCUT2D eigenvalue weighted by Crippen LogP contribution is 2.24. The first kappa shape index (κ1) is 18.8. The molecule has 0 aliphatic rings. The Morgan fingerprint density at radius 3 is 2.56 bits per heavy atom. The smallest absolute Gasteiger partial charge is 0.263 e. The predicted octanol–water partition coefficient (Wildman–Crippen LogP) is 2.49. The summed E-state index contributed by atoms with van der Waals surface area (Å²) in [6.45, 7) is 5.81. The van der Waals surface area contributed by atoms with Gasteiger partial charge in [0.05, 0.1) is 11.3 Å². The van der Waals surface area contributed by atoms with Gasteiger partial charge in [0, 0.05) is 23.6 Å². The third kappa shape index (κ3) is 4.73. The molecule has 0 radical (unpaired) electrons. The van der Waals surface area contributed by atoms with E-state index in [-0.39, 0.29) is 29.2 Å². The van der Waals surface area contributed by atoms with E-state index in [4.69, 9.17) is 22.1 Å². The zero-order valence-electron chi connectivity index (χ0n) is 14.6. The van der Waals surface area contributed by atoms with Crippen LogP contribution in [0.15, 0.2) is 24.3 Å². The molecule has 0 fully saturated rings. The molecule has 0 saturated carbocycles. The molecule has 1 heterocycles. The number of hydrogen-bond donors (Lipinski definition) is 2. The van der Waals surface area contributed by atoms with E-state index in [9.17, 15) is 9.59 Å². The van der Waals surface area contributed by atoms with Crippen molar-refractivity contribution in [2.45, 2.75) is 26.2 Å². The molecule has 0 bridgehead atoms. The molecule has 25 heavy (non-hydrogen) atoms. The number of aromatic nitrogens is 2. The minimum absolute atomic E-state index is 0.131. The Labute approximate surface area is 151 Å². The molecule has 7 nitrogen and oxygen atoms in total. The van der Waals surface area contributed by atoms with Crippen LogP contribution in [0.4, 0.5) is 5.82 Å². The van der Waals surface area contributed by atoms with Crippen LogP contribution in [-0.4, -0.2) is 28.2 Å². The molecule has 134 valence electrons. The minimum atomic E-state index is -0.659. The lowest BCUT2D eigenvalue weighted by Gasteiger charge is -2.13. The number of amides is 2. The summed E-state index contributed by atoms with van der Waals surface area (Å²) in [7, 11) is 1.74.